The molecule has 0 saturated carbocycles. The van der Waals surface area contributed by atoms with E-state index in [9.17, 15) is 0 Å². The number of halogens is 2. The summed E-state index contributed by atoms with van der Waals surface area (Å²) in [4.78, 5) is 0. The Morgan fingerprint density at radius 1 is 0.545 bits per heavy atom. The van der Waals surface area contributed by atoms with Crippen molar-refractivity contribution in [3.8, 4) is 0 Å². The normalized spacial score (nSPS) is 10.8. The van der Waals surface area contributed by atoms with Crippen LogP contribution in [0.4, 0.5) is 0 Å². The molecule has 3 rings (SSSR count). The lowest BCUT2D eigenvalue weighted by molar-refractivity contribution is 1.71. The summed E-state index contributed by atoms with van der Waals surface area (Å²) in [6, 6.07) is 32.6. The second-order valence-corrected chi connectivity index (χ2v) is 9.85. The number of benzene rings is 3. The molecule has 3 aromatic carbocycles. The average Bonchev–Trinajstić information content (AvgIpc) is 2.59. The first-order valence-electron chi connectivity index (χ1n) is 6.99. The Balaban J connectivity index is 0.00000176. The molecule has 0 aliphatic heterocycles. The minimum absolute atomic E-state index is 0. The lowest BCUT2D eigenvalue weighted by Gasteiger charge is -2.25. The van der Waals surface area contributed by atoms with Gasteiger partial charge in [-0.15, -0.1) is 17.0 Å². The summed E-state index contributed by atoms with van der Waals surface area (Å²) in [6.07, 6.45) is 0. The van der Waals surface area contributed by atoms with Crippen molar-refractivity contribution in [2.75, 3.05) is 5.07 Å². The van der Waals surface area contributed by atoms with Gasteiger partial charge < -0.3 is 0 Å². The van der Waals surface area contributed by atoms with Gasteiger partial charge in [-0.3, -0.25) is 0 Å². The van der Waals surface area contributed by atoms with Crippen LogP contribution in [0, 0.1) is 0 Å². The van der Waals surface area contributed by atoms with Crippen LogP contribution < -0.4 is 15.9 Å². The summed E-state index contributed by atoms with van der Waals surface area (Å²) in [5.74, 6) is 0. The molecule has 0 N–H and O–H groups in total. The molecule has 0 nitrogen and oxygen atoms in total. The zero-order valence-corrected chi connectivity index (χ0v) is 16.3. The van der Waals surface area contributed by atoms with Crippen LogP contribution in [0.3, 0.4) is 0 Å². The molecule has 0 spiro atoms. The van der Waals surface area contributed by atoms with Gasteiger partial charge >= 0.3 is 0 Å². The predicted molar refractivity (Wildman–Crippen MR) is 109 cm³/mol. The lowest BCUT2D eigenvalue weighted by atomic mass is 10.4. The molecule has 0 fully saturated rings. The maximum Gasteiger partial charge on any atom is 0.127 e. The summed E-state index contributed by atoms with van der Waals surface area (Å²) in [6.45, 7) is 0. The van der Waals surface area contributed by atoms with Crippen molar-refractivity contribution < 1.29 is 0 Å². The summed E-state index contributed by atoms with van der Waals surface area (Å²) in [5, 5.41) is 5.20. The molecular weight excluding hydrogens is 419 g/mol. The second-order valence-electron chi connectivity index (χ2n) is 4.94. The van der Waals surface area contributed by atoms with Crippen LogP contribution in [0.5, 0.6) is 0 Å². The minimum Gasteiger partial charge on any atom is -0.114 e. The van der Waals surface area contributed by atoms with Crippen molar-refractivity contribution in [3.05, 3.63) is 91.0 Å². The van der Waals surface area contributed by atoms with E-state index in [1.54, 1.807) is 0 Å². The van der Waals surface area contributed by atoms with E-state index in [1.807, 2.05) is 0 Å². The summed E-state index contributed by atoms with van der Waals surface area (Å²) in [7, 11) is -1.62. The van der Waals surface area contributed by atoms with Crippen LogP contribution in [0.25, 0.3) is 0 Å². The third-order valence-electron chi connectivity index (χ3n) is 3.77. The Kier molecular flexibility index (Phi) is 6.37. The summed E-state index contributed by atoms with van der Waals surface area (Å²) >= 11 is 3.83. The first-order chi connectivity index (χ1) is 10.4. The molecule has 0 unspecified atom stereocenters. The van der Waals surface area contributed by atoms with E-state index in [0.29, 0.717) is 0 Å². The quantitative estimate of drug-likeness (QED) is 0.402. The van der Waals surface area contributed by atoms with Gasteiger partial charge in [0.05, 0.1) is 0 Å². The molecule has 3 heteroatoms. The highest BCUT2D eigenvalue weighted by Gasteiger charge is 2.44. The Morgan fingerprint density at radius 2 is 0.818 bits per heavy atom. The first kappa shape index (κ1) is 17.4. The van der Waals surface area contributed by atoms with Gasteiger partial charge in [-0.2, -0.15) is 0 Å². The van der Waals surface area contributed by atoms with Gasteiger partial charge in [-0.25, -0.2) is 0 Å². The van der Waals surface area contributed by atoms with E-state index in [0.717, 1.165) is 5.07 Å². The maximum atomic E-state index is 3.83. The van der Waals surface area contributed by atoms with Crippen LogP contribution in [0.1, 0.15) is 0 Å². The summed E-state index contributed by atoms with van der Waals surface area (Å²) < 4.78 is 0. The van der Waals surface area contributed by atoms with Gasteiger partial charge in [0.2, 0.25) is 0 Å². The number of hydrogen-bond acceptors (Lipinski definition) is 0. The van der Waals surface area contributed by atoms with E-state index in [4.69, 9.17) is 0 Å². The predicted octanol–water partition coefficient (Wildman–Crippen LogP) is 4.91. The Hall–Kier alpha value is -0.950. The standard InChI is InChI=1S/C19H17BrP.BrH/c20-16-21(17-10-4-1-5-11-17,18-12-6-2-7-13-18)19-14-8-3-9-15-19;/h1-15H,16H2;1H/q+1;. The molecule has 0 radical (unpaired) electrons. The van der Waals surface area contributed by atoms with E-state index in [2.05, 4.69) is 107 Å². The molecule has 112 valence electrons. The molecule has 22 heavy (non-hydrogen) atoms. The molecule has 0 amide bonds. The van der Waals surface area contributed by atoms with Crippen molar-refractivity contribution >= 4 is 56.1 Å². The Morgan fingerprint density at radius 3 is 1.05 bits per heavy atom. The monoisotopic (exact) mass is 435 g/mol. The van der Waals surface area contributed by atoms with Crippen LogP contribution in [0.2, 0.25) is 0 Å². The highest BCUT2D eigenvalue weighted by Crippen LogP contribution is 2.56. The largest absolute Gasteiger partial charge is 0.127 e. The molecule has 0 atom stereocenters. The van der Waals surface area contributed by atoms with Crippen molar-refractivity contribution in [1.29, 1.82) is 0 Å². The highest BCUT2D eigenvalue weighted by molar-refractivity contribution is 9.10. The molecule has 0 heterocycles. The van der Waals surface area contributed by atoms with Crippen molar-refractivity contribution in [3.63, 3.8) is 0 Å². The van der Waals surface area contributed by atoms with Gasteiger partial charge in [-0.1, -0.05) is 54.6 Å². The van der Waals surface area contributed by atoms with Gasteiger partial charge in [0.1, 0.15) is 28.2 Å². The van der Waals surface area contributed by atoms with Crippen LogP contribution in [-0.4, -0.2) is 5.07 Å². The minimum atomic E-state index is -1.62. The SMILES string of the molecule is Br.BrC[P+](c1ccccc1)(c1ccccc1)c1ccccc1. The van der Waals surface area contributed by atoms with E-state index < -0.39 is 7.26 Å². The molecule has 0 bridgehead atoms. The molecule has 0 aromatic heterocycles. The van der Waals surface area contributed by atoms with Gasteiger partial charge in [0.15, 0.2) is 0 Å². The number of alkyl halides is 1. The highest BCUT2D eigenvalue weighted by atomic mass is 79.9. The topological polar surface area (TPSA) is 0 Å². The zero-order chi connectivity index (χ0) is 14.5. The van der Waals surface area contributed by atoms with E-state index >= 15 is 0 Å². The Bertz CT molecular complexity index is 588. The lowest BCUT2D eigenvalue weighted by Crippen LogP contribution is -2.31. The van der Waals surface area contributed by atoms with Crippen molar-refractivity contribution in [1.82, 2.24) is 0 Å². The Labute approximate surface area is 151 Å². The first-order valence-corrected chi connectivity index (χ1v) is 10.1. The van der Waals surface area contributed by atoms with Crippen molar-refractivity contribution in [2.45, 2.75) is 0 Å². The maximum absolute atomic E-state index is 3.83. The van der Waals surface area contributed by atoms with Gasteiger partial charge in [-0.05, 0) is 52.3 Å². The van der Waals surface area contributed by atoms with Gasteiger partial charge in [0.25, 0.3) is 0 Å². The van der Waals surface area contributed by atoms with E-state index in [1.165, 1.54) is 15.9 Å². The fourth-order valence-electron chi connectivity index (χ4n) is 2.70. The van der Waals surface area contributed by atoms with Crippen LogP contribution in [-0.2, 0) is 0 Å². The van der Waals surface area contributed by atoms with E-state index in [-0.39, 0.29) is 17.0 Å². The number of rotatable bonds is 4. The van der Waals surface area contributed by atoms with Crippen LogP contribution in [0.15, 0.2) is 91.0 Å². The molecule has 0 aliphatic rings. The van der Waals surface area contributed by atoms with Crippen LogP contribution >= 0.6 is 40.2 Å². The fraction of sp³-hybridized carbons (Fsp3) is 0.0526. The average molecular weight is 437 g/mol. The third kappa shape index (κ3) is 3.20. The second kappa shape index (κ2) is 8.06. The van der Waals surface area contributed by atoms with Gasteiger partial charge in [0, 0.05) is 0 Å². The number of hydrogen-bond donors (Lipinski definition) is 0. The third-order valence-corrected chi connectivity index (χ3v) is 9.92. The molecule has 0 aliphatic carbocycles. The molecule has 0 saturated heterocycles. The fourth-order valence-corrected chi connectivity index (χ4v) is 8.66. The zero-order valence-electron chi connectivity index (χ0n) is 12.1. The van der Waals surface area contributed by atoms with Crippen molar-refractivity contribution in [2.24, 2.45) is 0 Å². The smallest absolute Gasteiger partial charge is 0.114 e. The summed E-state index contributed by atoms with van der Waals surface area (Å²) in [5.41, 5.74) is 0. The molecule has 3 aromatic rings. The molecular formula is C19H18Br2P+.